The Labute approximate surface area is 132 Å². The molecule has 0 spiro atoms. The molecule has 0 saturated heterocycles. The Kier molecular flexibility index (Phi) is 4.65. The minimum Gasteiger partial charge on any atom is -0.383 e. The number of aryl methyl sites for hydroxylation is 1. The number of thiophene rings is 1. The zero-order valence-electron chi connectivity index (χ0n) is 12.1. The SMILES string of the molecule is COCCNC(c1nc(C)cs1)c1csc2ccccc12. The van der Waals surface area contributed by atoms with Crippen molar-refractivity contribution in [1.29, 1.82) is 0 Å². The molecule has 110 valence electrons. The molecule has 1 N–H and O–H groups in total. The van der Waals surface area contributed by atoms with Crippen LogP contribution < -0.4 is 5.32 Å². The Balaban J connectivity index is 1.97. The first kappa shape index (κ1) is 14.7. The molecule has 0 amide bonds. The highest BCUT2D eigenvalue weighted by atomic mass is 32.1. The summed E-state index contributed by atoms with van der Waals surface area (Å²) in [6, 6.07) is 8.67. The predicted octanol–water partition coefficient (Wildman–Crippen LogP) is 3.99. The van der Waals surface area contributed by atoms with Crippen molar-refractivity contribution >= 4 is 32.8 Å². The highest BCUT2D eigenvalue weighted by molar-refractivity contribution is 7.17. The van der Waals surface area contributed by atoms with Crippen molar-refractivity contribution in [2.45, 2.75) is 13.0 Å². The number of methoxy groups -OCH3 is 1. The minimum absolute atomic E-state index is 0.134. The number of hydrogen-bond acceptors (Lipinski definition) is 5. The monoisotopic (exact) mass is 318 g/mol. The minimum atomic E-state index is 0.134. The Morgan fingerprint density at radius 3 is 2.86 bits per heavy atom. The van der Waals surface area contributed by atoms with E-state index in [0.29, 0.717) is 6.61 Å². The molecule has 0 aliphatic carbocycles. The summed E-state index contributed by atoms with van der Waals surface area (Å²) < 4.78 is 6.48. The second kappa shape index (κ2) is 6.66. The molecule has 0 aliphatic rings. The highest BCUT2D eigenvalue weighted by Crippen LogP contribution is 2.34. The summed E-state index contributed by atoms with van der Waals surface area (Å²) in [6.45, 7) is 3.55. The van der Waals surface area contributed by atoms with Crippen molar-refractivity contribution in [3.05, 3.63) is 51.3 Å². The zero-order chi connectivity index (χ0) is 14.7. The molecule has 3 rings (SSSR count). The van der Waals surface area contributed by atoms with E-state index in [9.17, 15) is 0 Å². The Hall–Kier alpha value is -1.27. The standard InChI is InChI=1S/C16H18N2OS2/c1-11-9-21-16(18-11)15(17-7-8-19-2)13-10-20-14-6-4-3-5-12(13)14/h3-6,9-10,15,17H,7-8H2,1-2H3. The van der Waals surface area contributed by atoms with E-state index in [1.807, 2.05) is 6.92 Å². The number of nitrogens with zero attached hydrogens (tertiary/aromatic N) is 1. The van der Waals surface area contributed by atoms with Gasteiger partial charge in [0, 0.05) is 29.4 Å². The lowest BCUT2D eigenvalue weighted by Crippen LogP contribution is -2.25. The van der Waals surface area contributed by atoms with Gasteiger partial charge in [0.25, 0.3) is 0 Å². The first-order valence-corrected chi connectivity index (χ1v) is 8.66. The van der Waals surface area contributed by atoms with Gasteiger partial charge in [-0.25, -0.2) is 4.98 Å². The van der Waals surface area contributed by atoms with E-state index in [4.69, 9.17) is 4.74 Å². The van der Waals surface area contributed by atoms with Crippen LogP contribution in [0.3, 0.4) is 0 Å². The third-order valence-electron chi connectivity index (χ3n) is 3.36. The van der Waals surface area contributed by atoms with E-state index in [1.54, 1.807) is 29.8 Å². The largest absolute Gasteiger partial charge is 0.383 e. The summed E-state index contributed by atoms with van der Waals surface area (Å²) in [6.07, 6.45) is 0. The first-order valence-electron chi connectivity index (χ1n) is 6.90. The topological polar surface area (TPSA) is 34.1 Å². The number of thiazole rings is 1. The van der Waals surface area contributed by atoms with Crippen LogP contribution in [0.25, 0.3) is 10.1 Å². The van der Waals surface area contributed by atoms with Gasteiger partial charge in [0.2, 0.25) is 0 Å². The molecule has 0 saturated carbocycles. The van der Waals surface area contributed by atoms with Gasteiger partial charge in [-0.1, -0.05) is 18.2 Å². The van der Waals surface area contributed by atoms with Gasteiger partial charge in [-0.15, -0.1) is 22.7 Å². The van der Waals surface area contributed by atoms with E-state index in [1.165, 1.54) is 15.6 Å². The van der Waals surface area contributed by atoms with Crippen molar-refractivity contribution in [2.75, 3.05) is 20.3 Å². The van der Waals surface area contributed by atoms with Gasteiger partial charge >= 0.3 is 0 Å². The lowest BCUT2D eigenvalue weighted by molar-refractivity contribution is 0.197. The van der Waals surface area contributed by atoms with Crippen LogP contribution in [0.1, 0.15) is 22.3 Å². The van der Waals surface area contributed by atoms with Crippen LogP contribution in [0.2, 0.25) is 0 Å². The second-order valence-corrected chi connectivity index (χ2v) is 6.70. The van der Waals surface area contributed by atoms with Gasteiger partial charge in [-0.05, 0) is 29.3 Å². The predicted molar refractivity (Wildman–Crippen MR) is 90.4 cm³/mol. The van der Waals surface area contributed by atoms with Gasteiger partial charge in [-0.3, -0.25) is 0 Å². The lowest BCUT2D eigenvalue weighted by Gasteiger charge is -2.16. The number of hydrogen-bond donors (Lipinski definition) is 1. The summed E-state index contributed by atoms with van der Waals surface area (Å²) in [5.74, 6) is 0. The number of ether oxygens (including phenoxy) is 1. The fourth-order valence-electron chi connectivity index (χ4n) is 2.36. The van der Waals surface area contributed by atoms with Crippen molar-refractivity contribution in [3.63, 3.8) is 0 Å². The van der Waals surface area contributed by atoms with E-state index < -0.39 is 0 Å². The maximum absolute atomic E-state index is 5.16. The maximum atomic E-state index is 5.16. The average molecular weight is 318 g/mol. The van der Waals surface area contributed by atoms with Crippen LogP contribution in [0, 0.1) is 6.92 Å². The van der Waals surface area contributed by atoms with Crippen LogP contribution in [0.5, 0.6) is 0 Å². The van der Waals surface area contributed by atoms with Crippen molar-refractivity contribution in [3.8, 4) is 0 Å². The molecular formula is C16H18N2OS2. The molecule has 1 unspecified atom stereocenters. The second-order valence-electron chi connectivity index (χ2n) is 4.89. The molecule has 0 bridgehead atoms. The van der Waals surface area contributed by atoms with Crippen LogP contribution in [0.15, 0.2) is 35.0 Å². The molecule has 0 fully saturated rings. The third kappa shape index (κ3) is 3.16. The van der Waals surface area contributed by atoms with E-state index in [-0.39, 0.29) is 6.04 Å². The van der Waals surface area contributed by atoms with Crippen molar-refractivity contribution in [2.24, 2.45) is 0 Å². The molecule has 0 radical (unpaired) electrons. The molecule has 3 aromatic rings. The molecule has 21 heavy (non-hydrogen) atoms. The Bertz CT molecular complexity index is 720. The van der Waals surface area contributed by atoms with Crippen LogP contribution in [-0.2, 0) is 4.74 Å². The van der Waals surface area contributed by atoms with Crippen LogP contribution in [0.4, 0.5) is 0 Å². The van der Waals surface area contributed by atoms with Crippen LogP contribution in [-0.4, -0.2) is 25.2 Å². The fraction of sp³-hybridized carbons (Fsp3) is 0.312. The van der Waals surface area contributed by atoms with Gasteiger partial charge in [0.15, 0.2) is 0 Å². The smallest absolute Gasteiger partial charge is 0.114 e. The number of nitrogens with one attached hydrogen (secondary N) is 1. The van der Waals surface area contributed by atoms with Crippen LogP contribution >= 0.6 is 22.7 Å². The Morgan fingerprint density at radius 2 is 2.10 bits per heavy atom. The molecule has 0 aliphatic heterocycles. The zero-order valence-corrected chi connectivity index (χ0v) is 13.8. The fourth-order valence-corrected chi connectivity index (χ4v) is 4.24. The maximum Gasteiger partial charge on any atom is 0.114 e. The molecule has 2 aromatic heterocycles. The molecule has 3 nitrogen and oxygen atoms in total. The summed E-state index contributed by atoms with van der Waals surface area (Å²) in [7, 11) is 1.73. The number of rotatable bonds is 6. The van der Waals surface area contributed by atoms with Gasteiger partial charge in [0.1, 0.15) is 5.01 Å². The first-order chi connectivity index (χ1) is 10.3. The normalized spacial score (nSPS) is 12.9. The Morgan fingerprint density at radius 1 is 1.24 bits per heavy atom. The molecule has 2 heterocycles. The molecule has 1 aromatic carbocycles. The van der Waals surface area contributed by atoms with Gasteiger partial charge in [0.05, 0.1) is 12.6 Å². The summed E-state index contributed by atoms with van der Waals surface area (Å²) in [5.41, 5.74) is 2.38. The lowest BCUT2D eigenvalue weighted by atomic mass is 10.1. The number of fused-ring (bicyclic) bond motifs is 1. The van der Waals surface area contributed by atoms with Crippen molar-refractivity contribution < 1.29 is 4.74 Å². The summed E-state index contributed by atoms with van der Waals surface area (Å²) >= 11 is 3.50. The average Bonchev–Trinajstić information content (AvgIpc) is 3.10. The third-order valence-corrected chi connectivity index (χ3v) is 5.37. The number of aromatic nitrogens is 1. The summed E-state index contributed by atoms with van der Waals surface area (Å²) in [5, 5.41) is 10.4. The number of benzene rings is 1. The molecule has 1 atom stereocenters. The van der Waals surface area contributed by atoms with Gasteiger partial charge < -0.3 is 10.1 Å². The quantitative estimate of drug-likeness (QED) is 0.698. The van der Waals surface area contributed by atoms with E-state index in [2.05, 4.69) is 45.3 Å². The van der Waals surface area contributed by atoms with E-state index in [0.717, 1.165) is 17.2 Å². The van der Waals surface area contributed by atoms with E-state index >= 15 is 0 Å². The van der Waals surface area contributed by atoms with Crippen molar-refractivity contribution in [1.82, 2.24) is 10.3 Å². The highest BCUT2D eigenvalue weighted by Gasteiger charge is 2.20. The molecule has 5 heteroatoms. The van der Waals surface area contributed by atoms with Gasteiger partial charge in [-0.2, -0.15) is 0 Å². The molecular weight excluding hydrogens is 300 g/mol. The summed E-state index contributed by atoms with van der Waals surface area (Å²) in [4.78, 5) is 4.67.